The van der Waals surface area contributed by atoms with E-state index < -0.39 is 0 Å². The third-order valence-electron chi connectivity index (χ3n) is 1.50. The van der Waals surface area contributed by atoms with Gasteiger partial charge in [-0.05, 0) is 47.7 Å². The summed E-state index contributed by atoms with van der Waals surface area (Å²) in [4.78, 5) is 11.0. The number of hydrogen-bond acceptors (Lipinski definition) is 3. The standard InChI is InChI=1S/C10H10BrIO3/c1-2-14-10(13)6-15-9-4-7(11)3-8(12)5-9/h3-5H,2,6H2,1H3. The molecule has 0 aliphatic carbocycles. The highest BCUT2D eigenvalue weighted by Crippen LogP contribution is 2.22. The van der Waals surface area contributed by atoms with Crippen molar-refractivity contribution >= 4 is 44.5 Å². The summed E-state index contributed by atoms with van der Waals surface area (Å²) in [6, 6.07) is 5.61. The van der Waals surface area contributed by atoms with Crippen LogP contribution < -0.4 is 4.74 Å². The minimum absolute atomic E-state index is 0.0552. The number of hydrogen-bond donors (Lipinski definition) is 0. The van der Waals surface area contributed by atoms with E-state index in [1.165, 1.54) is 0 Å². The van der Waals surface area contributed by atoms with Crippen LogP contribution in [-0.2, 0) is 9.53 Å². The molecule has 0 atom stereocenters. The van der Waals surface area contributed by atoms with E-state index in [0.717, 1.165) is 8.04 Å². The summed E-state index contributed by atoms with van der Waals surface area (Å²) < 4.78 is 12.0. The van der Waals surface area contributed by atoms with Crippen molar-refractivity contribution in [3.05, 3.63) is 26.2 Å². The van der Waals surface area contributed by atoms with Crippen LogP contribution in [0.3, 0.4) is 0 Å². The summed E-state index contributed by atoms with van der Waals surface area (Å²) in [6.07, 6.45) is 0. The summed E-state index contributed by atoms with van der Waals surface area (Å²) in [5.41, 5.74) is 0. The van der Waals surface area contributed by atoms with Crippen LogP contribution in [0.5, 0.6) is 5.75 Å². The Morgan fingerprint density at radius 3 is 2.80 bits per heavy atom. The number of halogens is 2. The molecule has 0 saturated heterocycles. The van der Waals surface area contributed by atoms with Gasteiger partial charge in [-0.3, -0.25) is 0 Å². The molecule has 0 spiro atoms. The van der Waals surface area contributed by atoms with Crippen molar-refractivity contribution in [3.8, 4) is 5.75 Å². The molecule has 0 bridgehead atoms. The van der Waals surface area contributed by atoms with E-state index in [4.69, 9.17) is 9.47 Å². The van der Waals surface area contributed by atoms with Gasteiger partial charge in [0, 0.05) is 8.04 Å². The van der Waals surface area contributed by atoms with Gasteiger partial charge in [-0.2, -0.15) is 0 Å². The van der Waals surface area contributed by atoms with E-state index in [0.29, 0.717) is 12.4 Å². The summed E-state index contributed by atoms with van der Waals surface area (Å²) in [5, 5.41) is 0. The zero-order valence-electron chi connectivity index (χ0n) is 8.13. The van der Waals surface area contributed by atoms with Gasteiger partial charge in [-0.1, -0.05) is 15.9 Å². The fourth-order valence-electron chi connectivity index (χ4n) is 0.957. The highest BCUT2D eigenvalue weighted by molar-refractivity contribution is 14.1. The van der Waals surface area contributed by atoms with Gasteiger partial charge < -0.3 is 9.47 Å². The van der Waals surface area contributed by atoms with Gasteiger partial charge >= 0.3 is 5.97 Å². The van der Waals surface area contributed by atoms with Gasteiger partial charge in [0.05, 0.1) is 6.61 Å². The number of benzene rings is 1. The minimum atomic E-state index is -0.354. The van der Waals surface area contributed by atoms with Crippen molar-refractivity contribution in [3.63, 3.8) is 0 Å². The number of rotatable bonds is 4. The molecule has 3 nitrogen and oxygen atoms in total. The fraction of sp³-hybridized carbons (Fsp3) is 0.300. The highest BCUT2D eigenvalue weighted by atomic mass is 127. The van der Waals surface area contributed by atoms with E-state index in [1.807, 2.05) is 12.1 Å². The average molecular weight is 385 g/mol. The number of carbonyl (C=O) groups excluding carboxylic acids is 1. The van der Waals surface area contributed by atoms with Gasteiger partial charge in [0.2, 0.25) is 0 Å². The van der Waals surface area contributed by atoms with E-state index >= 15 is 0 Å². The van der Waals surface area contributed by atoms with Crippen LogP contribution in [0.2, 0.25) is 0 Å². The maximum Gasteiger partial charge on any atom is 0.344 e. The number of esters is 1. The topological polar surface area (TPSA) is 35.5 Å². The Balaban J connectivity index is 2.54. The third-order valence-corrected chi connectivity index (χ3v) is 2.58. The molecule has 0 aliphatic heterocycles. The quantitative estimate of drug-likeness (QED) is 0.591. The fourth-order valence-corrected chi connectivity index (χ4v) is 2.50. The van der Waals surface area contributed by atoms with Gasteiger partial charge in [-0.25, -0.2) is 4.79 Å². The van der Waals surface area contributed by atoms with Gasteiger partial charge in [-0.15, -0.1) is 0 Å². The molecule has 0 fully saturated rings. The van der Waals surface area contributed by atoms with Crippen molar-refractivity contribution in [2.75, 3.05) is 13.2 Å². The lowest BCUT2D eigenvalue weighted by atomic mass is 10.3. The lowest BCUT2D eigenvalue weighted by molar-refractivity contribution is -0.145. The van der Waals surface area contributed by atoms with Crippen LogP contribution in [0.15, 0.2) is 22.7 Å². The first-order chi connectivity index (χ1) is 7.11. The molecule has 15 heavy (non-hydrogen) atoms. The summed E-state index contributed by atoms with van der Waals surface area (Å²) >= 11 is 5.53. The monoisotopic (exact) mass is 384 g/mol. The van der Waals surface area contributed by atoms with Gasteiger partial charge in [0.25, 0.3) is 0 Å². The maximum absolute atomic E-state index is 11.0. The molecule has 0 heterocycles. The Kier molecular flexibility index (Phi) is 5.38. The highest BCUT2D eigenvalue weighted by Gasteiger charge is 2.04. The third kappa shape index (κ3) is 4.83. The summed E-state index contributed by atoms with van der Waals surface area (Å²) in [5.74, 6) is 0.300. The van der Waals surface area contributed by atoms with Crippen LogP contribution in [-0.4, -0.2) is 19.2 Å². The van der Waals surface area contributed by atoms with Crippen molar-refractivity contribution in [2.45, 2.75) is 6.92 Å². The van der Waals surface area contributed by atoms with Crippen LogP contribution in [0.4, 0.5) is 0 Å². The zero-order valence-corrected chi connectivity index (χ0v) is 11.9. The van der Waals surface area contributed by atoms with Gasteiger partial charge in [0.1, 0.15) is 5.75 Å². The Hall–Kier alpha value is -0.300. The summed E-state index contributed by atoms with van der Waals surface area (Å²) in [7, 11) is 0. The Labute approximate surface area is 110 Å². The van der Waals surface area contributed by atoms with E-state index in [2.05, 4.69) is 38.5 Å². The molecule has 1 aromatic carbocycles. The molecular formula is C10H10BrIO3. The molecule has 5 heteroatoms. The second-order valence-corrected chi connectivity index (χ2v) is 4.86. The average Bonchev–Trinajstić information content (AvgIpc) is 2.14. The SMILES string of the molecule is CCOC(=O)COc1cc(Br)cc(I)c1. The van der Waals surface area contributed by atoms with E-state index in [1.54, 1.807) is 13.0 Å². The predicted molar refractivity (Wildman–Crippen MR) is 69.0 cm³/mol. The minimum Gasteiger partial charge on any atom is -0.482 e. The van der Waals surface area contributed by atoms with Crippen molar-refractivity contribution in [1.29, 1.82) is 0 Å². The zero-order chi connectivity index (χ0) is 11.3. The molecule has 1 aromatic rings. The molecular weight excluding hydrogens is 375 g/mol. The Bertz CT molecular complexity index is 334. The van der Waals surface area contributed by atoms with E-state index in [-0.39, 0.29) is 12.6 Å². The largest absolute Gasteiger partial charge is 0.482 e. The lowest BCUT2D eigenvalue weighted by Gasteiger charge is -2.06. The molecule has 82 valence electrons. The van der Waals surface area contributed by atoms with Crippen LogP contribution in [0.1, 0.15) is 6.92 Å². The van der Waals surface area contributed by atoms with Crippen molar-refractivity contribution < 1.29 is 14.3 Å². The molecule has 0 radical (unpaired) electrons. The van der Waals surface area contributed by atoms with Crippen LogP contribution in [0, 0.1) is 3.57 Å². The van der Waals surface area contributed by atoms with Crippen molar-refractivity contribution in [2.24, 2.45) is 0 Å². The summed E-state index contributed by atoms with van der Waals surface area (Å²) in [6.45, 7) is 2.08. The Morgan fingerprint density at radius 2 is 2.20 bits per heavy atom. The first kappa shape index (κ1) is 12.8. The molecule has 0 aromatic heterocycles. The molecule has 0 aliphatic rings. The molecule has 0 N–H and O–H groups in total. The van der Waals surface area contributed by atoms with Gasteiger partial charge in [0.15, 0.2) is 6.61 Å². The Morgan fingerprint density at radius 1 is 1.47 bits per heavy atom. The smallest absolute Gasteiger partial charge is 0.344 e. The van der Waals surface area contributed by atoms with Crippen molar-refractivity contribution in [1.82, 2.24) is 0 Å². The first-order valence-electron chi connectivity index (χ1n) is 4.36. The lowest BCUT2D eigenvalue weighted by Crippen LogP contribution is -2.14. The molecule has 0 amide bonds. The number of carbonyl (C=O) groups is 1. The predicted octanol–water partition coefficient (Wildman–Crippen LogP) is 3.00. The normalized spacial score (nSPS) is 9.80. The number of ether oxygens (including phenoxy) is 2. The second-order valence-electron chi connectivity index (χ2n) is 2.70. The second kappa shape index (κ2) is 6.32. The van der Waals surface area contributed by atoms with Crippen LogP contribution in [0.25, 0.3) is 0 Å². The van der Waals surface area contributed by atoms with E-state index in [9.17, 15) is 4.79 Å². The molecule has 0 unspecified atom stereocenters. The molecule has 0 saturated carbocycles. The van der Waals surface area contributed by atoms with Crippen LogP contribution >= 0.6 is 38.5 Å². The maximum atomic E-state index is 11.0. The molecule has 1 rings (SSSR count). The first-order valence-corrected chi connectivity index (χ1v) is 6.23.